The molecule has 4 rings (SSSR count). The molecule has 1 N–H and O–H groups in total. The Labute approximate surface area is 190 Å². The monoisotopic (exact) mass is 448 g/mol. The summed E-state index contributed by atoms with van der Waals surface area (Å²) in [4.78, 5) is 12.4. The van der Waals surface area contributed by atoms with Crippen molar-refractivity contribution in [1.29, 1.82) is 0 Å². The number of benzene rings is 3. The van der Waals surface area contributed by atoms with Gasteiger partial charge in [0.15, 0.2) is 5.16 Å². The lowest BCUT2D eigenvalue weighted by Crippen LogP contribution is -2.15. The Hall–Kier alpha value is -3.09. The van der Waals surface area contributed by atoms with Crippen LogP contribution in [0.2, 0.25) is 5.02 Å². The number of hydrogen-bond acceptors (Lipinski definition) is 4. The minimum absolute atomic E-state index is 0.119. The Morgan fingerprint density at radius 1 is 0.903 bits per heavy atom. The van der Waals surface area contributed by atoms with Gasteiger partial charge in [-0.15, -0.1) is 10.2 Å². The van der Waals surface area contributed by atoms with Crippen molar-refractivity contribution in [3.05, 3.63) is 107 Å². The molecule has 0 aliphatic heterocycles. The fraction of sp³-hybridized carbons (Fsp3) is 0.125. The smallest absolute Gasteiger partial charge is 0.234 e. The molecule has 7 heteroatoms. The molecule has 0 bridgehead atoms. The summed E-state index contributed by atoms with van der Waals surface area (Å²) in [5.74, 6) is 0.976. The molecule has 1 aromatic heterocycles. The van der Waals surface area contributed by atoms with E-state index in [9.17, 15) is 4.79 Å². The lowest BCUT2D eigenvalue weighted by atomic mass is 10.1. The summed E-state index contributed by atoms with van der Waals surface area (Å²) in [6, 6.07) is 27.5. The maximum atomic E-state index is 12.4. The molecule has 156 valence electrons. The summed E-state index contributed by atoms with van der Waals surface area (Å²) in [5.41, 5.74) is 3.00. The fourth-order valence-corrected chi connectivity index (χ4v) is 4.10. The van der Waals surface area contributed by atoms with Gasteiger partial charge in [0.25, 0.3) is 0 Å². The van der Waals surface area contributed by atoms with Gasteiger partial charge in [-0.3, -0.25) is 4.79 Å². The van der Waals surface area contributed by atoms with Crippen LogP contribution in [-0.2, 0) is 17.8 Å². The number of thioether (sulfide) groups is 1. The lowest BCUT2D eigenvalue weighted by molar-refractivity contribution is -0.113. The summed E-state index contributed by atoms with van der Waals surface area (Å²) >= 11 is 7.36. The summed E-state index contributed by atoms with van der Waals surface area (Å²) < 4.78 is 2.08. The molecule has 0 aliphatic carbocycles. The molecule has 4 aromatic rings. The third-order valence-electron chi connectivity index (χ3n) is 4.62. The zero-order chi connectivity index (χ0) is 21.5. The number of nitrogens with one attached hydrogen (secondary N) is 1. The van der Waals surface area contributed by atoms with Crippen molar-refractivity contribution in [1.82, 2.24) is 14.8 Å². The van der Waals surface area contributed by atoms with Crippen LogP contribution in [0.15, 0.2) is 90.1 Å². The van der Waals surface area contributed by atoms with Crippen molar-refractivity contribution >= 4 is 35.0 Å². The van der Waals surface area contributed by atoms with Crippen molar-refractivity contribution in [2.45, 2.75) is 18.1 Å². The van der Waals surface area contributed by atoms with Crippen molar-refractivity contribution in [2.75, 3.05) is 11.1 Å². The van der Waals surface area contributed by atoms with E-state index in [1.54, 1.807) is 18.2 Å². The minimum atomic E-state index is -0.119. The molecule has 1 heterocycles. The van der Waals surface area contributed by atoms with E-state index in [4.69, 9.17) is 11.6 Å². The number of anilines is 1. The second-order valence-corrected chi connectivity index (χ2v) is 8.36. The highest BCUT2D eigenvalue weighted by Crippen LogP contribution is 2.21. The number of aromatic nitrogens is 3. The van der Waals surface area contributed by atoms with Crippen molar-refractivity contribution in [3.63, 3.8) is 0 Å². The minimum Gasteiger partial charge on any atom is -0.325 e. The van der Waals surface area contributed by atoms with Crippen molar-refractivity contribution in [2.24, 2.45) is 0 Å². The molecule has 0 radical (unpaired) electrons. The number of carbonyl (C=O) groups excluding carboxylic acids is 1. The third-order valence-corrected chi connectivity index (χ3v) is 5.82. The first-order valence-corrected chi connectivity index (χ1v) is 11.2. The van der Waals surface area contributed by atoms with Crippen LogP contribution in [0.4, 0.5) is 5.69 Å². The Bertz CT molecular complexity index is 1150. The highest BCUT2D eigenvalue weighted by atomic mass is 35.5. The first-order valence-electron chi connectivity index (χ1n) is 9.85. The van der Waals surface area contributed by atoms with Gasteiger partial charge in [0.2, 0.25) is 5.91 Å². The van der Waals surface area contributed by atoms with Gasteiger partial charge in [-0.25, -0.2) is 0 Å². The molecule has 0 atom stereocenters. The zero-order valence-electron chi connectivity index (χ0n) is 16.7. The second-order valence-electron chi connectivity index (χ2n) is 6.98. The lowest BCUT2D eigenvalue weighted by Gasteiger charge is -2.11. The van der Waals surface area contributed by atoms with E-state index in [1.807, 2.05) is 42.5 Å². The van der Waals surface area contributed by atoms with Crippen molar-refractivity contribution in [3.8, 4) is 0 Å². The van der Waals surface area contributed by atoms with E-state index in [-0.39, 0.29) is 11.7 Å². The first kappa shape index (κ1) is 21.2. The van der Waals surface area contributed by atoms with Crippen LogP contribution >= 0.6 is 23.4 Å². The van der Waals surface area contributed by atoms with Crippen molar-refractivity contribution < 1.29 is 4.79 Å². The Morgan fingerprint density at radius 2 is 1.61 bits per heavy atom. The first-order chi connectivity index (χ1) is 15.2. The van der Waals surface area contributed by atoms with Gasteiger partial charge in [-0.05, 0) is 29.3 Å². The van der Waals surface area contributed by atoms with E-state index < -0.39 is 0 Å². The topological polar surface area (TPSA) is 59.8 Å². The summed E-state index contributed by atoms with van der Waals surface area (Å²) in [6.45, 7) is 0.647. The van der Waals surface area contributed by atoms with Crippen LogP contribution in [0.25, 0.3) is 0 Å². The van der Waals surface area contributed by atoms with Crippen LogP contribution in [0.3, 0.4) is 0 Å². The Balaban J connectivity index is 1.50. The average molecular weight is 449 g/mol. The molecule has 1 amide bonds. The summed E-state index contributed by atoms with van der Waals surface area (Å²) in [6.07, 6.45) is 0.677. The van der Waals surface area contributed by atoms with E-state index in [1.165, 1.54) is 17.3 Å². The van der Waals surface area contributed by atoms with Gasteiger partial charge in [0.05, 0.1) is 12.3 Å². The molecule has 0 aliphatic rings. The third kappa shape index (κ3) is 5.96. The number of hydrogen-bond donors (Lipinski definition) is 1. The van der Waals surface area contributed by atoms with E-state index in [0.29, 0.717) is 23.7 Å². The maximum absolute atomic E-state index is 12.4. The number of nitrogens with zero attached hydrogens (tertiary/aromatic N) is 3. The average Bonchev–Trinajstić information content (AvgIpc) is 3.15. The van der Waals surface area contributed by atoms with Gasteiger partial charge in [0, 0.05) is 17.1 Å². The fourth-order valence-electron chi connectivity index (χ4n) is 3.15. The molecule has 0 unspecified atom stereocenters. The van der Waals surface area contributed by atoms with Crippen LogP contribution in [-0.4, -0.2) is 26.4 Å². The van der Waals surface area contributed by atoms with Crippen LogP contribution in [0, 0.1) is 0 Å². The summed E-state index contributed by atoms with van der Waals surface area (Å²) in [7, 11) is 0. The van der Waals surface area contributed by atoms with Crippen LogP contribution in [0.1, 0.15) is 17.0 Å². The van der Waals surface area contributed by atoms with Crippen LogP contribution in [0.5, 0.6) is 0 Å². The molecule has 3 aromatic carbocycles. The molecule has 5 nitrogen and oxygen atoms in total. The van der Waals surface area contributed by atoms with Gasteiger partial charge < -0.3 is 9.88 Å². The van der Waals surface area contributed by atoms with Gasteiger partial charge in [-0.1, -0.05) is 90.1 Å². The largest absolute Gasteiger partial charge is 0.325 e. The Morgan fingerprint density at radius 3 is 2.32 bits per heavy atom. The maximum Gasteiger partial charge on any atom is 0.234 e. The zero-order valence-corrected chi connectivity index (χ0v) is 18.3. The predicted molar refractivity (Wildman–Crippen MR) is 126 cm³/mol. The quantitative estimate of drug-likeness (QED) is 0.371. The second kappa shape index (κ2) is 10.3. The molecule has 0 spiro atoms. The van der Waals surface area contributed by atoms with Gasteiger partial charge in [0.1, 0.15) is 5.82 Å². The number of halogens is 1. The normalized spacial score (nSPS) is 10.7. The molecule has 31 heavy (non-hydrogen) atoms. The molecule has 0 fully saturated rings. The highest BCUT2D eigenvalue weighted by molar-refractivity contribution is 7.99. The predicted octanol–water partition coefficient (Wildman–Crippen LogP) is 5.30. The summed E-state index contributed by atoms with van der Waals surface area (Å²) in [5, 5.41) is 13.0. The molecular weight excluding hydrogens is 428 g/mol. The standard InChI is InChI=1S/C24H21ClN4OS/c25-20-12-7-13-21(15-20)26-23(30)17-31-24-28-27-22(14-18-8-3-1-4-9-18)29(24)16-19-10-5-2-6-11-19/h1-13,15H,14,16-17H2,(H,26,30). The van der Waals surface area contributed by atoms with E-state index >= 15 is 0 Å². The molecular formula is C24H21ClN4OS. The Kier molecular flexibility index (Phi) is 7.02. The number of rotatable bonds is 8. The molecule has 0 saturated heterocycles. The highest BCUT2D eigenvalue weighted by Gasteiger charge is 2.15. The van der Waals surface area contributed by atoms with Gasteiger partial charge in [-0.2, -0.15) is 0 Å². The molecule has 0 saturated carbocycles. The van der Waals surface area contributed by atoms with Gasteiger partial charge >= 0.3 is 0 Å². The van der Waals surface area contributed by atoms with E-state index in [2.05, 4.69) is 44.3 Å². The van der Waals surface area contributed by atoms with Crippen LogP contribution < -0.4 is 5.32 Å². The van der Waals surface area contributed by atoms with E-state index in [0.717, 1.165) is 16.5 Å². The number of carbonyl (C=O) groups is 1. The number of amides is 1. The SMILES string of the molecule is O=C(CSc1nnc(Cc2ccccc2)n1Cc1ccccc1)Nc1cccc(Cl)c1.